The summed E-state index contributed by atoms with van der Waals surface area (Å²) in [6.45, 7) is 9.53. The van der Waals surface area contributed by atoms with E-state index < -0.39 is 58.6 Å². The van der Waals surface area contributed by atoms with E-state index in [0.717, 1.165) is 82.0 Å². The number of alkyl halides is 2. The molecule has 0 amide bonds. The van der Waals surface area contributed by atoms with Gasteiger partial charge in [-0.3, -0.25) is 19.2 Å². The van der Waals surface area contributed by atoms with Gasteiger partial charge in [-0.2, -0.15) is 10.2 Å². The summed E-state index contributed by atoms with van der Waals surface area (Å²) in [5.41, 5.74) is 2.76. The van der Waals surface area contributed by atoms with Crippen molar-refractivity contribution in [3.8, 4) is 23.7 Å². The highest BCUT2D eigenvalue weighted by atomic mass is 19.2. The van der Waals surface area contributed by atoms with Gasteiger partial charge < -0.3 is 10.2 Å². The van der Waals surface area contributed by atoms with E-state index >= 15 is 17.6 Å². The highest BCUT2D eigenvalue weighted by Crippen LogP contribution is 2.43. The van der Waals surface area contributed by atoms with Crippen LogP contribution in [0.3, 0.4) is 0 Å². The number of halogens is 6. The van der Waals surface area contributed by atoms with Crippen molar-refractivity contribution < 1.29 is 46.1 Å². The van der Waals surface area contributed by atoms with Crippen LogP contribution in [0.2, 0.25) is 0 Å². The van der Waals surface area contributed by atoms with Crippen LogP contribution in [0.25, 0.3) is 12.2 Å². The summed E-state index contributed by atoms with van der Waals surface area (Å²) in [6.07, 6.45) is 12.0. The minimum absolute atomic E-state index is 0.0274. The standard InChI is InChI=1S/2C29H28F3N3O2/c2*1-18-11-22-12-19(5-6-21-15-33-34(4)16-21)7-9-23(22)28(35(18)17-29(2,3)32)27-24(30)13-20(14-25(27)31)8-10-26(36)37/h2*7-10,12-16,18,28H,11,17H2,1-4H3,(H,36,37)/b2*10-8+/t2*18-,28+/m10/s1. The number of aryl methyl sites for hydroxylation is 2. The summed E-state index contributed by atoms with van der Waals surface area (Å²) in [4.78, 5) is 25.2. The first-order valence-corrected chi connectivity index (χ1v) is 23.8. The van der Waals surface area contributed by atoms with Gasteiger partial charge in [0.15, 0.2) is 0 Å². The molecule has 16 heteroatoms. The normalized spacial score (nSPS) is 17.9. The molecule has 4 atom stereocenters. The van der Waals surface area contributed by atoms with Crippen LogP contribution in [0.4, 0.5) is 26.3 Å². The summed E-state index contributed by atoms with van der Waals surface area (Å²) in [5, 5.41) is 25.9. The molecule has 2 aromatic heterocycles. The lowest BCUT2D eigenvalue weighted by molar-refractivity contribution is -0.132. The molecule has 2 N–H and O–H groups in total. The van der Waals surface area contributed by atoms with Crippen LogP contribution in [-0.4, -0.2) is 88.0 Å². The highest BCUT2D eigenvalue weighted by molar-refractivity contribution is 5.85. The van der Waals surface area contributed by atoms with Crippen LogP contribution < -0.4 is 0 Å². The smallest absolute Gasteiger partial charge is 0.328 e. The lowest BCUT2D eigenvalue weighted by Gasteiger charge is -2.44. The third-order valence-electron chi connectivity index (χ3n) is 12.5. The molecule has 2 aliphatic heterocycles. The number of nitrogens with zero attached hydrogens (tertiary/aromatic N) is 6. The number of benzene rings is 4. The quantitative estimate of drug-likeness (QED) is 0.0792. The fraction of sp³-hybridized carbons (Fsp3) is 0.310. The second-order valence-electron chi connectivity index (χ2n) is 20.0. The summed E-state index contributed by atoms with van der Waals surface area (Å²) in [6, 6.07) is 13.3. The molecule has 0 bridgehead atoms. The Morgan fingerprint density at radius 1 is 0.595 bits per heavy atom. The predicted molar refractivity (Wildman–Crippen MR) is 271 cm³/mol. The van der Waals surface area contributed by atoms with Crippen LogP contribution in [0.1, 0.15) is 120 Å². The van der Waals surface area contributed by atoms with Crippen LogP contribution in [0, 0.1) is 47.0 Å². The summed E-state index contributed by atoms with van der Waals surface area (Å²) in [5.74, 6) is 6.63. The topological polar surface area (TPSA) is 117 Å². The zero-order valence-corrected chi connectivity index (χ0v) is 42.2. The first-order valence-electron chi connectivity index (χ1n) is 23.8. The zero-order valence-electron chi connectivity index (χ0n) is 42.2. The largest absolute Gasteiger partial charge is 0.478 e. The number of carbonyl (C=O) groups is 2. The van der Waals surface area contributed by atoms with Gasteiger partial charge in [-0.05, 0) is 148 Å². The van der Waals surface area contributed by atoms with Gasteiger partial charge in [0.05, 0.1) is 35.6 Å². The lowest BCUT2D eigenvalue weighted by atomic mass is 9.83. The van der Waals surface area contributed by atoms with Crippen molar-refractivity contribution in [2.45, 2.75) is 89.9 Å². The number of aliphatic carboxylic acids is 2. The third kappa shape index (κ3) is 13.5. The molecular weight excluding hydrogens is 959 g/mol. The van der Waals surface area contributed by atoms with E-state index in [0.29, 0.717) is 24.0 Å². The molecule has 0 saturated carbocycles. The fourth-order valence-electron chi connectivity index (χ4n) is 9.51. The van der Waals surface area contributed by atoms with Crippen molar-refractivity contribution in [3.05, 3.63) is 188 Å². The minimum Gasteiger partial charge on any atom is -0.478 e. The van der Waals surface area contributed by atoms with E-state index in [1.165, 1.54) is 27.7 Å². The highest BCUT2D eigenvalue weighted by Gasteiger charge is 2.41. The number of carboxylic acids is 2. The maximum atomic E-state index is 15.5. The molecule has 2 aliphatic rings. The van der Waals surface area contributed by atoms with E-state index in [-0.39, 0.29) is 47.4 Å². The van der Waals surface area contributed by atoms with Crippen molar-refractivity contribution in [2.24, 2.45) is 14.1 Å². The second kappa shape index (κ2) is 22.2. The van der Waals surface area contributed by atoms with Gasteiger partial charge in [0.25, 0.3) is 0 Å². The average molecular weight is 1020 g/mol. The lowest BCUT2D eigenvalue weighted by Crippen LogP contribution is -2.48. The summed E-state index contributed by atoms with van der Waals surface area (Å²) in [7, 11) is 3.62. The summed E-state index contributed by atoms with van der Waals surface area (Å²) < 4.78 is 94.9. The Morgan fingerprint density at radius 2 is 0.932 bits per heavy atom. The molecule has 0 aliphatic carbocycles. The molecule has 4 heterocycles. The molecule has 0 unspecified atom stereocenters. The molecule has 4 aromatic carbocycles. The molecule has 6 aromatic rings. The minimum atomic E-state index is -1.60. The first kappa shape index (κ1) is 54.1. The Labute approximate surface area is 426 Å². The average Bonchev–Trinajstić information content (AvgIpc) is 3.93. The van der Waals surface area contributed by atoms with E-state index in [1.54, 1.807) is 68.2 Å². The third-order valence-corrected chi connectivity index (χ3v) is 12.5. The van der Waals surface area contributed by atoms with Crippen molar-refractivity contribution in [1.82, 2.24) is 29.4 Å². The van der Waals surface area contributed by atoms with E-state index in [1.807, 2.05) is 40.1 Å². The van der Waals surface area contributed by atoms with Crippen molar-refractivity contribution in [2.75, 3.05) is 13.1 Å². The van der Waals surface area contributed by atoms with Gasteiger partial charge in [-0.1, -0.05) is 35.8 Å². The Balaban J connectivity index is 0.000000216. The molecule has 10 nitrogen and oxygen atoms in total. The van der Waals surface area contributed by atoms with Gasteiger partial charge in [0.2, 0.25) is 0 Å². The molecule has 0 saturated heterocycles. The maximum Gasteiger partial charge on any atom is 0.328 e. The molecule has 0 radical (unpaired) electrons. The Kier molecular flexibility index (Phi) is 16.2. The van der Waals surface area contributed by atoms with Gasteiger partial charge in [-0.25, -0.2) is 35.9 Å². The van der Waals surface area contributed by atoms with Gasteiger partial charge in [0.1, 0.15) is 34.6 Å². The van der Waals surface area contributed by atoms with Gasteiger partial charge >= 0.3 is 11.9 Å². The molecule has 0 fully saturated rings. The first-order chi connectivity index (χ1) is 34.8. The van der Waals surface area contributed by atoms with Crippen LogP contribution >= 0.6 is 0 Å². The van der Waals surface area contributed by atoms with Crippen molar-refractivity contribution in [1.29, 1.82) is 0 Å². The van der Waals surface area contributed by atoms with Crippen LogP contribution in [-0.2, 0) is 36.5 Å². The number of fused-ring (bicyclic) bond motifs is 2. The van der Waals surface area contributed by atoms with Gasteiger partial charge in [0, 0.05) is 86.1 Å². The monoisotopic (exact) mass is 1010 g/mol. The van der Waals surface area contributed by atoms with Crippen LogP contribution in [0.5, 0.6) is 0 Å². The summed E-state index contributed by atoms with van der Waals surface area (Å²) >= 11 is 0. The number of carboxylic acid groups (broad SMARTS) is 2. The molecule has 384 valence electrons. The Morgan fingerprint density at radius 3 is 1.23 bits per heavy atom. The maximum absolute atomic E-state index is 15.5. The number of hydrogen-bond donors (Lipinski definition) is 2. The number of hydrogen-bond acceptors (Lipinski definition) is 6. The molecule has 74 heavy (non-hydrogen) atoms. The fourth-order valence-corrected chi connectivity index (χ4v) is 9.51. The number of aromatic nitrogens is 4. The Bertz CT molecular complexity index is 3020. The molecule has 0 spiro atoms. The SMILES string of the molecule is C[C@@H]1Cc2cc(C#Cc3cnn(C)c3)ccc2[C@@H](c2c(F)cc(/C=C/C(=O)O)cc2F)N1CC(C)(C)F.C[C@H]1Cc2cc(C#Cc3cnn(C)c3)ccc2[C@H](c2c(F)cc(/C=C/C(=O)O)cc2F)N1CC(C)(C)F. The zero-order chi connectivity index (χ0) is 53.8. The molecule has 8 rings (SSSR count). The van der Waals surface area contributed by atoms with E-state index in [4.69, 9.17) is 10.2 Å². The van der Waals surface area contributed by atoms with Crippen molar-refractivity contribution >= 4 is 24.1 Å². The number of rotatable bonds is 10. The van der Waals surface area contributed by atoms with Gasteiger partial charge in [-0.15, -0.1) is 0 Å². The van der Waals surface area contributed by atoms with Crippen LogP contribution in [0.15, 0.2) is 97.6 Å². The van der Waals surface area contributed by atoms with E-state index in [9.17, 15) is 18.4 Å². The molecular formula is C58H56F6N6O4. The Hall–Kier alpha value is -7.66. The predicted octanol–water partition coefficient (Wildman–Crippen LogP) is 10.6. The van der Waals surface area contributed by atoms with E-state index in [2.05, 4.69) is 33.9 Å². The second-order valence-corrected chi connectivity index (χ2v) is 20.0. The van der Waals surface area contributed by atoms with Crippen molar-refractivity contribution in [3.63, 3.8) is 0 Å².